The van der Waals surface area contributed by atoms with Crippen molar-refractivity contribution in [2.24, 2.45) is 0 Å². The van der Waals surface area contributed by atoms with Gasteiger partial charge in [0.1, 0.15) is 6.10 Å². The molecule has 0 aromatic rings. The van der Waals surface area contributed by atoms with E-state index in [-0.39, 0.29) is 12.7 Å². The van der Waals surface area contributed by atoms with E-state index >= 15 is 0 Å². The maximum absolute atomic E-state index is 9.65. The van der Waals surface area contributed by atoms with Crippen molar-refractivity contribution < 1.29 is 19.3 Å². The molecule has 0 spiro atoms. The van der Waals surface area contributed by atoms with Gasteiger partial charge >= 0.3 is 0 Å². The summed E-state index contributed by atoms with van der Waals surface area (Å²) >= 11 is 0. The molecule has 0 aliphatic rings. The van der Waals surface area contributed by atoms with Gasteiger partial charge in [0.2, 0.25) is 0 Å². The molecule has 4 nitrogen and oxygen atoms in total. The minimum atomic E-state index is -0.725. The fourth-order valence-corrected chi connectivity index (χ4v) is 0.968. The first-order valence-electron chi connectivity index (χ1n) is 5.14. The van der Waals surface area contributed by atoms with Gasteiger partial charge in [-0.25, -0.2) is 0 Å². The van der Waals surface area contributed by atoms with Crippen LogP contribution in [0.5, 0.6) is 0 Å². The van der Waals surface area contributed by atoms with Crippen molar-refractivity contribution >= 4 is 0 Å². The second-order valence-corrected chi connectivity index (χ2v) is 3.23. The maximum atomic E-state index is 9.65. The molecule has 14 heavy (non-hydrogen) atoms. The van der Waals surface area contributed by atoms with E-state index in [0.717, 1.165) is 0 Å². The van der Waals surface area contributed by atoms with Crippen molar-refractivity contribution in [2.75, 3.05) is 19.8 Å². The quantitative estimate of drug-likeness (QED) is 0.606. The van der Waals surface area contributed by atoms with Gasteiger partial charge in [-0.1, -0.05) is 0 Å². The largest absolute Gasteiger partial charge is 0.385 e. The number of hydrogen-bond donors (Lipinski definition) is 1. The molecule has 0 saturated heterocycles. The first kappa shape index (κ1) is 13.8. The fourth-order valence-electron chi connectivity index (χ4n) is 0.968. The first-order valence-corrected chi connectivity index (χ1v) is 5.14. The van der Waals surface area contributed by atoms with Crippen molar-refractivity contribution in [3.8, 4) is 0 Å². The number of aliphatic hydroxyl groups excluding tert-OH is 1. The van der Waals surface area contributed by atoms with Crippen LogP contribution in [0.4, 0.5) is 0 Å². The molecule has 0 aromatic heterocycles. The van der Waals surface area contributed by atoms with Crippen molar-refractivity contribution in [1.29, 1.82) is 0 Å². The molecule has 0 heterocycles. The summed E-state index contributed by atoms with van der Waals surface area (Å²) in [7, 11) is 0. The van der Waals surface area contributed by atoms with Gasteiger partial charge in [0.05, 0.1) is 12.7 Å². The standard InChI is InChI=1S/C10H22O4/c1-5-12-10(13-6-2)9(11)7-14-8(3)4/h8-11H,5-7H2,1-4H3. The Balaban J connectivity index is 3.81. The third kappa shape index (κ3) is 6.32. The highest BCUT2D eigenvalue weighted by molar-refractivity contribution is 4.59. The molecule has 0 rings (SSSR count). The smallest absolute Gasteiger partial charge is 0.185 e. The van der Waals surface area contributed by atoms with Gasteiger partial charge in [0.25, 0.3) is 0 Å². The van der Waals surface area contributed by atoms with Crippen LogP contribution >= 0.6 is 0 Å². The number of ether oxygens (including phenoxy) is 3. The van der Waals surface area contributed by atoms with Crippen molar-refractivity contribution in [3.63, 3.8) is 0 Å². The number of aliphatic hydroxyl groups is 1. The summed E-state index contributed by atoms with van der Waals surface area (Å²) in [6.07, 6.45) is -1.20. The van der Waals surface area contributed by atoms with Gasteiger partial charge in [-0.15, -0.1) is 0 Å². The molecule has 1 atom stereocenters. The van der Waals surface area contributed by atoms with Gasteiger partial charge in [0, 0.05) is 13.2 Å². The zero-order valence-corrected chi connectivity index (χ0v) is 9.53. The van der Waals surface area contributed by atoms with Crippen LogP contribution in [-0.2, 0) is 14.2 Å². The molecule has 4 heteroatoms. The molecule has 0 bridgehead atoms. The minimum Gasteiger partial charge on any atom is -0.385 e. The average molecular weight is 206 g/mol. The molecule has 0 aliphatic heterocycles. The second-order valence-electron chi connectivity index (χ2n) is 3.23. The van der Waals surface area contributed by atoms with Crippen LogP contribution in [0.2, 0.25) is 0 Å². The topological polar surface area (TPSA) is 47.9 Å². The van der Waals surface area contributed by atoms with Crippen LogP contribution in [0.15, 0.2) is 0 Å². The summed E-state index contributed by atoms with van der Waals surface area (Å²) in [5, 5.41) is 9.65. The van der Waals surface area contributed by atoms with E-state index in [1.165, 1.54) is 0 Å². The molecule has 0 aliphatic carbocycles. The highest BCUT2D eigenvalue weighted by Gasteiger charge is 2.20. The van der Waals surface area contributed by atoms with Crippen molar-refractivity contribution in [3.05, 3.63) is 0 Å². The van der Waals surface area contributed by atoms with Gasteiger partial charge in [-0.3, -0.25) is 0 Å². The van der Waals surface area contributed by atoms with Crippen LogP contribution in [0.25, 0.3) is 0 Å². The van der Waals surface area contributed by atoms with Crippen molar-refractivity contribution in [1.82, 2.24) is 0 Å². The Kier molecular flexibility index (Phi) is 8.08. The Hall–Kier alpha value is -0.160. The lowest BCUT2D eigenvalue weighted by Crippen LogP contribution is -2.36. The summed E-state index contributed by atoms with van der Waals surface area (Å²) < 4.78 is 15.7. The van der Waals surface area contributed by atoms with Crippen LogP contribution in [0.3, 0.4) is 0 Å². The molecule has 1 N–H and O–H groups in total. The van der Waals surface area contributed by atoms with Gasteiger partial charge in [-0.2, -0.15) is 0 Å². The van der Waals surface area contributed by atoms with E-state index in [9.17, 15) is 5.11 Å². The summed E-state index contributed by atoms with van der Waals surface area (Å²) in [6.45, 7) is 8.84. The van der Waals surface area contributed by atoms with Crippen molar-refractivity contribution in [2.45, 2.75) is 46.2 Å². The van der Waals surface area contributed by atoms with Crippen LogP contribution < -0.4 is 0 Å². The molecule has 0 radical (unpaired) electrons. The highest BCUT2D eigenvalue weighted by Crippen LogP contribution is 2.04. The molecule has 0 aromatic carbocycles. The molecule has 86 valence electrons. The Labute approximate surface area is 86.2 Å². The Morgan fingerprint density at radius 1 is 1.00 bits per heavy atom. The first-order chi connectivity index (χ1) is 6.61. The zero-order chi connectivity index (χ0) is 11.0. The lowest BCUT2D eigenvalue weighted by Gasteiger charge is -2.23. The third-order valence-corrected chi connectivity index (χ3v) is 1.58. The van der Waals surface area contributed by atoms with E-state index in [4.69, 9.17) is 14.2 Å². The summed E-state index contributed by atoms with van der Waals surface area (Å²) in [5.41, 5.74) is 0. The van der Waals surface area contributed by atoms with E-state index in [0.29, 0.717) is 13.2 Å². The molecule has 1 unspecified atom stereocenters. The normalized spacial score (nSPS) is 13.9. The van der Waals surface area contributed by atoms with E-state index in [1.54, 1.807) is 0 Å². The molecule has 0 amide bonds. The van der Waals surface area contributed by atoms with E-state index < -0.39 is 12.4 Å². The van der Waals surface area contributed by atoms with Crippen LogP contribution in [0, 0.1) is 0 Å². The second kappa shape index (κ2) is 8.17. The summed E-state index contributed by atoms with van der Waals surface area (Å²) in [5.74, 6) is 0. The Morgan fingerprint density at radius 2 is 1.50 bits per heavy atom. The van der Waals surface area contributed by atoms with Gasteiger partial charge in [-0.05, 0) is 27.7 Å². The molecular formula is C10H22O4. The number of rotatable bonds is 8. The average Bonchev–Trinajstić information content (AvgIpc) is 2.14. The fraction of sp³-hybridized carbons (Fsp3) is 1.00. The monoisotopic (exact) mass is 206 g/mol. The molecule has 0 fully saturated rings. The molecule has 0 saturated carbocycles. The van der Waals surface area contributed by atoms with Crippen LogP contribution in [-0.4, -0.2) is 43.4 Å². The van der Waals surface area contributed by atoms with E-state index in [2.05, 4.69) is 0 Å². The Morgan fingerprint density at radius 3 is 1.86 bits per heavy atom. The lowest BCUT2D eigenvalue weighted by atomic mass is 10.3. The van der Waals surface area contributed by atoms with Gasteiger partial charge in [0.15, 0.2) is 6.29 Å². The summed E-state index contributed by atoms with van der Waals surface area (Å²) in [6, 6.07) is 0. The predicted octanol–water partition coefficient (Wildman–Crippen LogP) is 1.17. The molecular weight excluding hydrogens is 184 g/mol. The Bertz CT molecular complexity index is 121. The third-order valence-electron chi connectivity index (χ3n) is 1.58. The predicted molar refractivity (Wildman–Crippen MR) is 54.1 cm³/mol. The summed E-state index contributed by atoms with van der Waals surface area (Å²) in [4.78, 5) is 0. The zero-order valence-electron chi connectivity index (χ0n) is 9.53. The number of hydrogen-bond acceptors (Lipinski definition) is 4. The SMILES string of the molecule is CCOC(OCC)C(O)COC(C)C. The highest BCUT2D eigenvalue weighted by atomic mass is 16.7. The lowest BCUT2D eigenvalue weighted by molar-refractivity contribution is -0.203. The van der Waals surface area contributed by atoms with E-state index in [1.807, 2.05) is 27.7 Å². The van der Waals surface area contributed by atoms with Crippen LogP contribution in [0.1, 0.15) is 27.7 Å². The van der Waals surface area contributed by atoms with Gasteiger partial charge < -0.3 is 19.3 Å². The minimum absolute atomic E-state index is 0.105. The maximum Gasteiger partial charge on any atom is 0.185 e.